The second kappa shape index (κ2) is 4.27. The van der Waals surface area contributed by atoms with Crippen molar-refractivity contribution in [2.75, 3.05) is 19.7 Å². The van der Waals surface area contributed by atoms with Crippen LogP contribution in [-0.4, -0.2) is 42.0 Å². The fraction of sp³-hybridized carbons (Fsp3) is 0.857. The van der Waals surface area contributed by atoms with Crippen LogP contribution < -0.4 is 10.6 Å². The Bertz CT molecular complexity index is 163. The molecule has 1 fully saturated rings. The number of aliphatic hydroxyl groups excluding tert-OH is 1. The van der Waals surface area contributed by atoms with Crippen LogP contribution in [0.25, 0.3) is 0 Å². The van der Waals surface area contributed by atoms with Crippen LogP contribution >= 0.6 is 0 Å². The van der Waals surface area contributed by atoms with Crippen LogP contribution in [0, 0.1) is 5.92 Å². The van der Waals surface area contributed by atoms with E-state index >= 15 is 0 Å². The van der Waals surface area contributed by atoms with Crippen molar-refractivity contribution in [3.8, 4) is 0 Å². The zero-order valence-corrected chi connectivity index (χ0v) is 6.79. The Labute approximate surface area is 70.8 Å². The number of hydrogen-bond donors (Lipinski definition) is 4. The first-order chi connectivity index (χ1) is 5.74. The third kappa shape index (κ3) is 2.35. The summed E-state index contributed by atoms with van der Waals surface area (Å²) >= 11 is 0. The van der Waals surface area contributed by atoms with Crippen LogP contribution in [0.15, 0.2) is 0 Å². The van der Waals surface area contributed by atoms with Crippen molar-refractivity contribution >= 4 is 6.09 Å². The van der Waals surface area contributed by atoms with Crippen LogP contribution in [0.2, 0.25) is 0 Å². The van der Waals surface area contributed by atoms with E-state index in [-0.39, 0.29) is 18.6 Å². The van der Waals surface area contributed by atoms with Crippen LogP contribution in [0.5, 0.6) is 0 Å². The summed E-state index contributed by atoms with van der Waals surface area (Å²) in [7, 11) is 0. The van der Waals surface area contributed by atoms with E-state index in [9.17, 15) is 4.79 Å². The molecular formula is C7H14N2O3. The highest BCUT2D eigenvalue weighted by atomic mass is 16.4. The molecule has 2 atom stereocenters. The average Bonchev–Trinajstić information content (AvgIpc) is 2.04. The molecule has 12 heavy (non-hydrogen) atoms. The Hall–Kier alpha value is -0.810. The molecule has 1 rings (SSSR count). The summed E-state index contributed by atoms with van der Waals surface area (Å²) in [4.78, 5) is 10.3. The van der Waals surface area contributed by atoms with Crippen molar-refractivity contribution in [2.45, 2.75) is 12.5 Å². The molecule has 0 saturated carbocycles. The lowest BCUT2D eigenvalue weighted by molar-refractivity contribution is 0.148. The molecule has 0 radical (unpaired) electrons. The first-order valence-corrected chi connectivity index (χ1v) is 4.05. The molecule has 0 bridgehead atoms. The smallest absolute Gasteiger partial charge is 0.404 e. The van der Waals surface area contributed by atoms with Gasteiger partial charge < -0.3 is 20.8 Å². The third-order valence-corrected chi connectivity index (χ3v) is 2.15. The molecule has 0 aromatic heterocycles. The normalized spacial score (nSPS) is 29.8. The van der Waals surface area contributed by atoms with Crippen molar-refractivity contribution in [3.05, 3.63) is 0 Å². The van der Waals surface area contributed by atoms with E-state index in [2.05, 4.69) is 10.6 Å². The van der Waals surface area contributed by atoms with Crippen LogP contribution in [0.1, 0.15) is 6.42 Å². The minimum Gasteiger partial charge on any atom is -0.465 e. The molecule has 70 valence electrons. The van der Waals surface area contributed by atoms with Crippen LogP contribution in [-0.2, 0) is 0 Å². The van der Waals surface area contributed by atoms with Gasteiger partial charge >= 0.3 is 6.09 Å². The van der Waals surface area contributed by atoms with Crippen LogP contribution in [0.4, 0.5) is 4.79 Å². The van der Waals surface area contributed by atoms with Crippen molar-refractivity contribution in [2.24, 2.45) is 5.92 Å². The molecule has 0 aliphatic carbocycles. The summed E-state index contributed by atoms with van der Waals surface area (Å²) in [5, 5.41) is 22.9. The van der Waals surface area contributed by atoms with Gasteiger partial charge in [-0.1, -0.05) is 0 Å². The summed E-state index contributed by atoms with van der Waals surface area (Å²) in [5.41, 5.74) is 0. The first-order valence-electron chi connectivity index (χ1n) is 4.05. The van der Waals surface area contributed by atoms with Crippen molar-refractivity contribution in [3.63, 3.8) is 0 Å². The molecule has 0 unspecified atom stereocenters. The maximum absolute atomic E-state index is 10.3. The molecule has 0 aromatic carbocycles. The third-order valence-electron chi connectivity index (χ3n) is 2.15. The lowest BCUT2D eigenvalue weighted by Gasteiger charge is -2.30. The highest BCUT2D eigenvalue weighted by Gasteiger charge is 2.25. The van der Waals surface area contributed by atoms with E-state index in [1.807, 2.05) is 0 Å². The molecule has 1 amide bonds. The van der Waals surface area contributed by atoms with E-state index in [1.165, 1.54) is 0 Å². The molecule has 1 saturated heterocycles. The standard InChI is InChI=1S/C7H14N2O3/c10-4-5-3-8-2-1-6(5)9-7(11)12/h5-6,8-10H,1-4H2,(H,11,12)/t5-,6+/m1/s1. The Morgan fingerprint density at radius 1 is 1.67 bits per heavy atom. The molecule has 5 heteroatoms. The number of carbonyl (C=O) groups is 1. The fourth-order valence-electron chi connectivity index (χ4n) is 1.46. The number of nitrogens with one attached hydrogen (secondary N) is 2. The van der Waals surface area contributed by atoms with Gasteiger partial charge in [-0.2, -0.15) is 0 Å². The zero-order valence-electron chi connectivity index (χ0n) is 6.79. The number of carboxylic acid groups (broad SMARTS) is 1. The average molecular weight is 174 g/mol. The molecule has 1 aliphatic rings. The fourth-order valence-corrected chi connectivity index (χ4v) is 1.46. The van der Waals surface area contributed by atoms with Gasteiger partial charge in [-0.25, -0.2) is 4.79 Å². The maximum Gasteiger partial charge on any atom is 0.404 e. The van der Waals surface area contributed by atoms with Gasteiger partial charge in [-0.05, 0) is 13.0 Å². The second-order valence-electron chi connectivity index (χ2n) is 2.99. The number of rotatable bonds is 2. The quantitative estimate of drug-likeness (QED) is 0.443. The van der Waals surface area contributed by atoms with E-state index in [0.29, 0.717) is 6.54 Å². The maximum atomic E-state index is 10.3. The lowest BCUT2D eigenvalue weighted by atomic mass is 9.94. The van der Waals surface area contributed by atoms with Crippen LogP contribution in [0.3, 0.4) is 0 Å². The zero-order chi connectivity index (χ0) is 8.97. The lowest BCUT2D eigenvalue weighted by Crippen LogP contribution is -2.50. The van der Waals surface area contributed by atoms with Crippen molar-refractivity contribution in [1.82, 2.24) is 10.6 Å². The summed E-state index contributed by atoms with van der Waals surface area (Å²) in [6, 6.07) is -0.103. The topological polar surface area (TPSA) is 81.6 Å². The van der Waals surface area contributed by atoms with Gasteiger partial charge in [-0.3, -0.25) is 0 Å². The van der Waals surface area contributed by atoms with Gasteiger partial charge in [0.15, 0.2) is 0 Å². The van der Waals surface area contributed by atoms with Gasteiger partial charge in [0.05, 0.1) is 0 Å². The highest BCUT2D eigenvalue weighted by Crippen LogP contribution is 2.10. The van der Waals surface area contributed by atoms with Gasteiger partial charge in [0.25, 0.3) is 0 Å². The Morgan fingerprint density at radius 3 is 3.00 bits per heavy atom. The Kier molecular flexibility index (Phi) is 3.31. The molecule has 5 nitrogen and oxygen atoms in total. The summed E-state index contributed by atoms with van der Waals surface area (Å²) in [6.07, 6.45) is -0.266. The Morgan fingerprint density at radius 2 is 2.42 bits per heavy atom. The van der Waals surface area contributed by atoms with Gasteiger partial charge in [0, 0.05) is 25.1 Å². The van der Waals surface area contributed by atoms with E-state index in [4.69, 9.17) is 10.2 Å². The monoisotopic (exact) mass is 174 g/mol. The highest BCUT2D eigenvalue weighted by molar-refractivity contribution is 5.64. The van der Waals surface area contributed by atoms with E-state index in [1.54, 1.807) is 0 Å². The minimum absolute atomic E-state index is 0.00912. The number of aliphatic hydroxyl groups is 1. The number of piperidine rings is 1. The van der Waals surface area contributed by atoms with Gasteiger partial charge in [-0.15, -0.1) is 0 Å². The molecule has 1 aliphatic heterocycles. The van der Waals surface area contributed by atoms with Gasteiger partial charge in [0.1, 0.15) is 0 Å². The number of hydrogen-bond acceptors (Lipinski definition) is 3. The van der Waals surface area contributed by atoms with E-state index in [0.717, 1.165) is 13.0 Å². The van der Waals surface area contributed by atoms with E-state index < -0.39 is 6.09 Å². The predicted molar refractivity (Wildman–Crippen MR) is 43.0 cm³/mol. The molecule has 0 aromatic rings. The second-order valence-corrected chi connectivity index (χ2v) is 2.99. The largest absolute Gasteiger partial charge is 0.465 e. The predicted octanol–water partition coefficient (Wildman–Crippen LogP) is -0.776. The molecule has 0 spiro atoms. The molecule has 1 heterocycles. The first kappa shape index (κ1) is 9.28. The summed E-state index contributed by atoms with van der Waals surface area (Å²) in [5.74, 6) is 0.00912. The number of amides is 1. The van der Waals surface area contributed by atoms with Crippen molar-refractivity contribution in [1.29, 1.82) is 0 Å². The Balaban J connectivity index is 2.41. The SMILES string of the molecule is O=C(O)N[C@H]1CCNC[C@@H]1CO. The summed E-state index contributed by atoms with van der Waals surface area (Å²) in [6.45, 7) is 1.51. The minimum atomic E-state index is -1.01. The summed E-state index contributed by atoms with van der Waals surface area (Å²) < 4.78 is 0. The van der Waals surface area contributed by atoms with Gasteiger partial charge in [0.2, 0.25) is 0 Å². The molecule has 4 N–H and O–H groups in total. The molecular weight excluding hydrogens is 160 g/mol. The van der Waals surface area contributed by atoms with Crippen molar-refractivity contribution < 1.29 is 15.0 Å².